The van der Waals surface area contributed by atoms with Crippen LogP contribution in [0.3, 0.4) is 0 Å². The SMILES string of the molecule is CN(C)c1cccc(C(=O)NC2CCS(=O)(=O)CC2)c1. The number of hydrogen-bond donors (Lipinski definition) is 1. The van der Waals surface area contributed by atoms with Gasteiger partial charge < -0.3 is 10.2 Å². The molecule has 1 N–H and O–H groups in total. The first kappa shape index (κ1) is 14.8. The second kappa shape index (κ2) is 5.83. The minimum absolute atomic E-state index is 0.0472. The molecular formula is C14H20N2O3S. The van der Waals surface area contributed by atoms with Crippen molar-refractivity contribution in [3.63, 3.8) is 0 Å². The molecule has 1 aromatic carbocycles. The van der Waals surface area contributed by atoms with E-state index in [1.807, 2.05) is 37.2 Å². The van der Waals surface area contributed by atoms with Crippen molar-refractivity contribution < 1.29 is 13.2 Å². The summed E-state index contributed by atoms with van der Waals surface area (Å²) in [5.41, 5.74) is 1.56. The smallest absolute Gasteiger partial charge is 0.251 e. The average molecular weight is 296 g/mol. The molecular weight excluding hydrogens is 276 g/mol. The summed E-state index contributed by atoms with van der Waals surface area (Å²) < 4.78 is 22.7. The number of anilines is 1. The van der Waals surface area contributed by atoms with Gasteiger partial charge in [-0.15, -0.1) is 0 Å². The molecule has 110 valence electrons. The largest absolute Gasteiger partial charge is 0.378 e. The zero-order chi connectivity index (χ0) is 14.8. The van der Waals surface area contributed by atoms with E-state index in [1.54, 1.807) is 6.07 Å². The van der Waals surface area contributed by atoms with Crippen LogP contribution < -0.4 is 10.2 Å². The highest BCUT2D eigenvalue weighted by atomic mass is 32.2. The minimum Gasteiger partial charge on any atom is -0.378 e. The number of nitrogens with zero attached hydrogens (tertiary/aromatic N) is 1. The monoisotopic (exact) mass is 296 g/mol. The van der Waals surface area contributed by atoms with Gasteiger partial charge in [0, 0.05) is 31.4 Å². The van der Waals surface area contributed by atoms with Crippen LogP contribution in [0.5, 0.6) is 0 Å². The van der Waals surface area contributed by atoms with E-state index in [0.29, 0.717) is 18.4 Å². The molecule has 0 bridgehead atoms. The molecule has 1 aliphatic rings. The van der Waals surface area contributed by atoms with E-state index in [0.717, 1.165) is 5.69 Å². The maximum Gasteiger partial charge on any atom is 0.251 e. The second-order valence-electron chi connectivity index (χ2n) is 5.34. The van der Waals surface area contributed by atoms with Crippen molar-refractivity contribution in [3.05, 3.63) is 29.8 Å². The predicted octanol–water partition coefficient (Wildman–Crippen LogP) is 1.06. The van der Waals surface area contributed by atoms with Crippen LogP contribution in [-0.4, -0.2) is 46.0 Å². The van der Waals surface area contributed by atoms with E-state index < -0.39 is 9.84 Å². The first-order valence-corrected chi connectivity index (χ1v) is 8.48. The van der Waals surface area contributed by atoms with Gasteiger partial charge in [0.05, 0.1) is 11.5 Å². The molecule has 20 heavy (non-hydrogen) atoms. The Balaban J connectivity index is 2.00. The molecule has 0 atom stereocenters. The van der Waals surface area contributed by atoms with Gasteiger partial charge in [0.2, 0.25) is 0 Å². The molecule has 0 saturated carbocycles. The maximum absolute atomic E-state index is 12.2. The molecule has 5 nitrogen and oxygen atoms in total. The standard InChI is InChI=1S/C14H20N2O3S/c1-16(2)13-5-3-4-11(10-13)14(17)15-12-6-8-20(18,19)9-7-12/h3-5,10,12H,6-9H2,1-2H3,(H,15,17). The van der Waals surface area contributed by atoms with E-state index >= 15 is 0 Å². The Hall–Kier alpha value is -1.56. The van der Waals surface area contributed by atoms with Gasteiger partial charge >= 0.3 is 0 Å². The fourth-order valence-corrected chi connectivity index (χ4v) is 3.72. The second-order valence-corrected chi connectivity index (χ2v) is 7.65. The molecule has 1 fully saturated rings. The first-order valence-electron chi connectivity index (χ1n) is 6.66. The van der Waals surface area contributed by atoms with Gasteiger partial charge in [-0.25, -0.2) is 8.42 Å². The normalized spacial score (nSPS) is 18.5. The maximum atomic E-state index is 12.2. The lowest BCUT2D eigenvalue weighted by Gasteiger charge is -2.23. The highest BCUT2D eigenvalue weighted by Crippen LogP contribution is 2.16. The molecule has 1 aliphatic heterocycles. The third-order valence-corrected chi connectivity index (χ3v) is 5.23. The molecule has 1 amide bonds. The van der Waals surface area contributed by atoms with Crippen LogP contribution in [-0.2, 0) is 9.84 Å². The fraction of sp³-hybridized carbons (Fsp3) is 0.500. The number of amides is 1. The lowest BCUT2D eigenvalue weighted by Crippen LogP contribution is -2.40. The van der Waals surface area contributed by atoms with Gasteiger partial charge in [0.1, 0.15) is 9.84 Å². The van der Waals surface area contributed by atoms with Gasteiger partial charge in [0.25, 0.3) is 5.91 Å². The van der Waals surface area contributed by atoms with Crippen LogP contribution in [0.4, 0.5) is 5.69 Å². The minimum atomic E-state index is -2.89. The van der Waals surface area contributed by atoms with Crippen molar-refractivity contribution >= 4 is 21.4 Å². The lowest BCUT2D eigenvalue weighted by molar-refractivity contribution is 0.0934. The Morgan fingerprint density at radius 3 is 2.50 bits per heavy atom. The van der Waals surface area contributed by atoms with E-state index in [1.165, 1.54) is 0 Å². The number of carbonyl (C=O) groups excluding carboxylic acids is 1. The summed E-state index contributed by atoms with van der Waals surface area (Å²) in [6, 6.07) is 7.32. The summed E-state index contributed by atoms with van der Waals surface area (Å²) >= 11 is 0. The summed E-state index contributed by atoms with van der Waals surface area (Å²) in [5, 5.41) is 2.92. The topological polar surface area (TPSA) is 66.5 Å². The molecule has 0 aliphatic carbocycles. The van der Waals surface area contributed by atoms with E-state index in [2.05, 4.69) is 5.32 Å². The van der Waals surface area contributed by atoms with Gasteiger partial charge in [0.15, 0.2) is 0 Å². The molecule has 0 spiro atoms. The predicted molar refractivity (Wildman–Crippen MR) is 79.9 cm³/mol. The van der Waals surface area contributed by atoms with Gasteiger partial charge in [-0.2, -0.15) is 0 Å². The molecule has 1 saturated heterocycles. The molecule has 0 unspecified atom stereocenters. The van der Waals surface area contributed by atoms with Crippen molar-refractivity contribution in [2.75, 3.05) is 30.5 Å². The Morgan fingerprint density at radius 2 is 1.90 bits per heavy atom. The number of sulfone groups is 1. The Kier molecular flexibility index (Phi) is 4.32. The molecule has 6 heteroatoms. The zero-order valence-corrected chi connectivity index (χ0v) is 12.6. The van der Waals surface area contributed by atoms with Crippen LogP contribution in [0, 0.1) is 0 Å². The van der Waals surface area contributed by atoms with Crippen LogP contribution in [0.1, 0.15) is 23.2 Å². The summed E-state index contributed by atoms with van der Waals surface area (Å²) in [4.78, 5) is 14.1. The molecule has 0 radical (unpaired) electrons. The number of benzene rings is 1. The number of hydrogen-bond acceptors (Lipinski definition) is 4. The molecule has 0 aromatic heterocycles. The van der Waals surface area contributed by atoms with Crippen molar-refractivity contribution in [1.29, 1.82) is 0 Å². The Labute approximate surface area is 119 Å². The van der Waals surface area contributed by atoms with Gasteiger partial charge in [-0.1, -0.05) is 6.07 Å². The number of carbonyl (C=O) groups is 1. The van der Waals surface area contributed by atoms with Gasteiger partial charge in [-0.3, -0.25) is 4.79 Å². The third kappa shape index (κ3) is 3.72. The van der Waals surface area contributed by atoms with E-state index in [4.69, 9.17) is 0 Å². The van der Waals surface area contributed by atoms with Crippen molar-refractivity contribution in [3.8, 4) is 0 Å². The van der Waals surface area contributed by atoms with Gasteiger partial charge in [-0.05, 0) is 31.0 Å². The zero-order valence-electron chi connectivity index (χ0n) is 11.8. The Morgan fingerprint density at radius 1 is 1.25 bits per heavy atom. The first-order chi connectivity index (χ1) is 9.37. The van der Waals surface area contributed by atoms with E-state index in [-0.39, 0.29) is 23.5 Å². The average Bonchev–Trinajstić information content (AvgIpc) is 2.41. The van der Waals surface area contributed by atoms with Crippen molar-refractivity contribution in [2.45, 2.75) is 18.9 Å². The lowest BCUT2D eigenvalue weighted by atomic mass is 10.1. The van der Waals surface area contributed by atoms with Crippen LogP contribution in [0.2, 0.25) is 0 Å². The van der Waals surface area contributed by atoms with Crippen LogP contribution in [0.15, 0.2) is 24.3 Å². The summed E-state index contributed by atoms with van der Waals surface area (Å²) in [6.45, 7) is 0. The fourth-order valence-electron chi connectivity index (χ4n) is 2.23. The highest BCUT2D eigenvalue weighted by molar-refractivity contribution is 7.91. The van der Waals surface area contributed by atoms with Crippen molar-refractivity contribution in [1.82, 2.24) is 5.32 Å². The van der Waals surface area contributed by atoms with Crippen molar-refractivity contribution in [2.24, 2.45) is 0 Å². The Bertz CT molecular complexity index is 582. The molecule has 1 aromatic rings. The highest BCUT2D eigenvalue weighted by Gasteiger charge is 2.24. The van der Waals surface area contributed by atoms with E-state index in [9.17, 15) is 13.2 Å². The van der Waals surface area contributed by atoms with Crippen LogP contribution in [0.25, 0.3) is 0 Å². The molecule has 1 heterocycles. The summed E-state index contributed by atoms with van der Waals surface area (Å²) in [7, 11) is 0.947. The quantitative estimate of drug-likeness (QED) is 0.906. The number of rotatable bonds is 3. The molecule has 2 rings (SSSR count). The summed E-state index contributed by atoms with van der Waals surface area (Å²) in [5.74, 6) is 0.184. The summed E-state index contributed by atoms with van der Waals surface area (Å²) in [6.07, 6.45) is 1.00. The van der Waals surface area contributed by atoms with Crippen LogP contribution >= 0.6 is 0 Å². The third-order valence-electron chi connectivity index (χ3n) is 3.51. The number of nitrogens with one attached hydrogen (secondary N) is 1.